The highest BCUT2D eigenvalue weighted by Gasteiger charge is 2.24. The van der Waals surface area contributed by atoms with E-state index in [4.69, 9.17) is 5.10 Å². The Kier molecular flexibility index (Phi) is 5.57. The molecule has 0 bridgehead atoms. The first kappa shape index (κ1) is 17.7. The Hall–Kier alpha value is -2.10. The van der Waals surface area contributed by atoms with Gasteiger partial charge in [0.15, 0.2) is 6.29 Å². The standard InChI is InChI=1S/C21H29N3O/c1-4-19-18(13-14-23(3)20-12-8-5-9-16(20)2)21(15-25)24(22-19)17-10-6-7-11-17/h5,8-9,12,15,17H,4,6-7,10-11,13-14H2,1-3H3. The topological polar surface area (TPSA) is 38.1 Å². The van der Waals surface area contributed by atoms with Gasteiger partial charge in [0.2, 0.25) is 0 Å². The second-order valence-corrected chi connectivity index (χ2v) is 7.12. The normalized spacial score (nSPS) is 14.8. The summed E-state index contributed by atoms with van der Waals surface area (Å²) in [6.07, 6.45) is 7.54. The summed E-state index contributed by atoms with van der Waals surface area (Å²) in [4.78, 5) is 14.1. The number of aromatic nitrogens is 2. The van der Waals surface area contributed by atoms with Gasteiger partial charge in [-0.3, -0.25) is 9.48 Å². The highest BCUT2D eigenvalue weighted by Crippen LogP contribution is 2.31. The van der Waals surface area contributed by atoms with Gasteiger partial charge in [-0.25, -0.2) is 0 Å². The van der Waals surface area contributed by atoms with Crippen molar-refractivity contribution >= 4 is 12.0 Å². The van der Waals surface area contributed by atoms with Gasteiger partial charge in [-0.05, 0) is 44.2 Å². The van der Waals surface area contributed by atoms with E-state index in [2.05, 4.69) is 50.1 Å². The summed E-state index contributed by atoms with van der Waals surface area (Å²) in [7, 11) is 2.12. The first-order valence-corrected chi connectivity index (χ1v) is 9.47. The molecule has 4 nitrogen and oxygen atoms in total. The molecule has 0 atom stereocenters. The zero-order valence-corrected chi connectivity index (χ0v) is 15.7. The van der Waals surface area contributed by atoms with Crippen LogP contribution in [0.5, 0.6) is 0 Å². The van der Waals surface area contributed by atoms with E-state index in [1.54, 1.807) is 0 Å². The number of benzene rings is 1. The summed E-state index contributed by atoms with van der Waals surface area (Å²) in [5.41, 5.74) is 5.56. The number of carbonyl (C=O) groups excluding carboxylic acids is 1. The molecule has 1 aliphatic rings. The third-order valence-electron chi connectivity index (χ3n) is 5.47. The molecule has 134 valence electrons. The second-order valence-electron chi connectivity index (χ2n) is 7.12. The number of hydrogen-bond donors (Lipinski definition) is 0. The number of likely N-dealkylation sites (N-methyl/N-ethyl adjacent to an activating group) is 1. The van der Waals surface area contributed by atoms with Crippen molar-refractivity contribution in [1.82, 2.24) is 9.78 Å². The number of anilines is 1. The molecule has 3 rings (SSSR count). The molecule has 2 aromatic rings. The zero-order valence-electron chi connectivity index (χ0n) is 15.7. The summed E-state index contributed by atoms with van der Waals surface area (Å²) >= 11 is 0. The van der Waals surface area contributed by atoms with Gasteiger partial charge in [0, 0.05) is 24.8 Å². The van der Waals surface area contributed by atoms with Gasteiger partial charge in [0.25, 0.3) is 0 Å². The number of para-hydroxylation sites is 1. The van der Waals surface area contributed by atoms with Gasteiger partial charge in [-0.2, -0.15) is 5.10 Å². The number of carbonyl (C=O) groups is 1. The summed E-state index contributed by atoms with van der Waals surface area (Å²) in [5.74, 6) is 0. The number of aryl methyl sites for hydroxylation is 2. The van der Waals surface area contributed by atoms with Crippen LogP contribution in [0.3, 0.4) is 0 Å². The van der Waals surface area contributed by atoms with Crippen LogP contribution in [-0.4, -0.2) is 29.7 Å². The number of hydrogen-bond acceptors (Lipinski definition) is 3. The van der Waals surface area contributed by atoms with Gasteiger partial charge in [0.1, 0.15) is 5.69 Å². The first-order valence-electron chi connectivity index (χ1n) is 9.47. The van der Waals surface area contributed by atoms with Crippen LogP contribution in [0, 0.1) is 6.92 Å². The molecule has 1 fully saturated rings. The average molecular weight is 339 g/mol. The summed E-state index contributed by atoms with van der Waals surface area (Å²) < 4.78 is 2.03. The monoisotopic (exact) mass is 339 g/mol. The van der Waals surface area contributed by atoms with E-state index in [0.717, 1.165) is 55.5 Å². The van der Waals surface area contributed by atoms with Crippen molar-refractivity contribution in [2.75, 3.05) is 18.5 Å². The van der Waals surface area contributed by atoms with Crippen LogP contribution in [-0.2, 0) is 12.8 Å². The zero-order chi connectivity index (χ0) is 17.8. The van der Waals surface area contributed by atoms with Gasteiger partial charge in [-0.15, -0.1) is 0 Å². The van der Waals surface area contributed by atoms with Crippen LogP contribution in [0.1, 0.15) is 66.0 Å². The van der Waals surface area contributed by atoms with Crippen molar-refractivity contribution in [2.45, 2.75) is 58.4 Å². The summed E-state index contributed by atoms with van der Waals surface area (Å²) in [5, 5.41) is 4.82. The molecule has 1 saturated carbocycles. The number of aldehydes is 1. The fraction of sp³-hybridized carbons (Fsp3) is 0.524. The van der Waals surface area contributed by atoms with Crippen molar-refractivity contribution < 1.29 is 4.79 Å². The lowest BCUT2D eigenvalue weighted by Crippen LogP contribution is -2.22. The molecule has 1 heterocycles. The highest BCUT2D eigenvalue weighted by atomic mass is 16.1. The average Bonchev–Trinajstić information content (AvgIpc) is 3.26. The largest absolute Gasteiger partial charge is 0.374 e. The van der Waals surface area contributed by atoms with E-state index in [1.807, 2.05) is 4.68 Å². The molecule has 0 saturated heterocycles. The van der Waals surface area contributed by atoms with Crippen LogP contribution in [0.15, 0.2) is 24.3 Å². The van der Waals surface area contributed by atoms with E-state index in [0.29, 0.717) is 6.04 Å². The first-order chi connectivity index (χ1) is 12.2. The van der Waals surface area contributed by atoms with Crippen LogP contribution >= 0.6 is 0 Å². The second kappa shape index (κ2) is 7.85. The Bertz CT molecular complexity index is 729. The summed E-state index contributed by atoms with van der Waals surface area (Å²) in [6, 6.07) is 8.84. The third kappa shape index (κ3) is 3.63. The van der Waals surface area contributed by atoms with Crippen molar-refractivity contribution in [3.8, 4) is 0 Å². The Labute approximate surface area is 150 Å². The molecule has 0 unspecified atom stereocenters. The predicted octanol–water partition coefficient (Wildman–Crippen LogP) is 4.36. The van der Waals surface area contributed by atoms with Crippen molar-refractivity contribution in [3.05, 3.63) is 46.8 Å². The SMILES string of the molecule is CCc1nn(C2CCCC2)c(C=O)c1CCN(C)c1ccccc1C. The minimum atomic E-state index is 0.411. The molecular weight excluding hydrogens is 310 g/mol. The van der Waals surface area contributed by atoms with E-state index in [-0.39, 0.29) is 0 Å². The molecule has 1 aromatic carbocycles. The molecule has 1 aromatic heterocycles. The van der Waals surface area contributed by atoms with E-state index < -0.39 is 0 Å². The molecular formula is C21H29N3O. The van der Waals surface area contributed by atoms with E-state index in [1.165, 1.54) is 24.1 Å². The number of rotatable bonds is 7. The van der Waals surface area contributed by atoms with Crippen molar-refractivity contribution in [3.63, 3.8) is 0 Å². The molecule has 25 heavy (non-hydrogen) atoms. The maximum Gasteiger partial charge on any atom is 0.168 e. The Morgan fingerprint density at radius 1 is 1.28 bits per heavy atom. The minimum absolute atomic E-state index is 0.411. The predicted molar refractivity (Wildman–Crippen MR) is 103 cm³/mol. The lowest BCUT2D eigenvalue weighted by Gasteiger charge is -2.21. The van der Waals surface area contributed by atoms with E-state index >= 15 is 0 Å². The lowest BCUT2D eigenvalue weighted by molar-refractivity contribution is 0.111. The van der Waals surface area contributed by atoms with Gasteiger partial charge >= 0.3 is 0 Å². The fourth-order valence-corrected chi connectivity index (χ4v) is 4.03. The third-order valence-corrected chi connectivity index (χ3v) is 5.47. The van der Waals surface area contributed by atoms with Gasteiger partial charge in [-0.1, -0.05) is 38.0 Å². The molecule has 1 aliphatic carbocycles. The molecule has 4 heteroatoms. The number of nitrogens with zero attached hydrogens (tertiary/aromatic N) is 3. The maximum absolute atomic E-state index is 11.8. The Morgan fingerprint density at radius 3 is 2.64 bits per heavy atom. The highest BCUT2D eigenvalue weighted by molar-refractivity contribution is 5.75. The van der Waals surface area contributed by atoms with Crippen LogP contribution in [0.4, 0.5) is 5.69 Å². The van der Waals surface area contributed by atoms with Gasteiger partial charge in [0.05, 0.1) is 11.7 Å². The maximum atomic E-state index is 11.8. The molecule has 0 aliphatic heterocycles. The summed E-state index contributed by atoms with van der Waals surface area (Å²) in [6.45, 7) is 5.15. The van der Waals surface area contributed by atoms with Crippen LogP contribution in [0.25, 0.3) is 0 Å². The lowest BCUT2D eigenvalue weighted by atomic mass is 10.1. The van der Waals surface area contributed by atoms with Crippen molar-refractivity contribution in [2.24, 2.45) is 0 Å². The minimum Gasteiger partial charge on any atom is -0.374 e. The van der Waals surface area contributed by atoms with Crippen LogP contribution < -0.4 is 4.90 Å². The molecule has 0 spiro atoms. The molecule has 0 radical (unpaired) electrons. The van der Waals surface area contributed by atoms with Crippen LogP contribution in [0.2, 0.25) is 0 Å². The van der Waals surface area contributed by atoms with E-state index in [9.17, 15) is 4.79 Å². The van der Waals surface area contributed by atoms with Crippen molar-refractivity contribution in [1.29, 1.82) is 0 Å². The molecule has 0 amide bonds. The Morgan fingerprint density at radius 2 is 2.00 bits per heavy atom. The molecule has 0 N–H and O–H groups in total. The van der Waals surface area contributed by atoms with Gasteiger partial charge < -0.3 is 4.90 Å². The quantitative estimate of drug-likeness (QED) is 0.704. The fourth-order valence-electron chi connectivity index (χ4n) is 4.03. The Balaban J connectivity index is 1.81. The smallest absolute Gasteiger partial charge is 0.168 e.